The van der Waals surface area contributed by atoms with Gasteiger partial charge < -0.3 is 4.52 Å². The van der Waals surface area contributed by atoms with E-state index in [0.717, 1.165) is 0 Å². The minimum Gasteiger partial charge on any atom is -0.339 e. The molecule has 10 heavy (non-hydrogen) atoms. The van der Waals surface area contributed by atoms with Gasteiger partial charge in [0.15, 0.2) is 0 Å². The van der Waals surface area contributed by atoms with Crippen LogP contribution in [0.5, 0.6) is 0 Å². The highest BCUT2D eigenvalue weighted by molar-refractivity contribution is 5.12. The second-order valence-corrected chi connectivity index (χ2v) is 2.03. The molecule has 1 N–H and O–H groups in total. The quantitative estimate of drug-likeness (QED) is 0.668. The molecular formula is C6H8FNO2. The van der Waals surface area contributed by atoms with E-state index in [1.807, 2.05) is 0 Å². The first-order valence-electron chi connectivity index (χ1n) is 2.98. The maximum absolute atomic E-state index is 11.7. The summed E-state index contributed by atoms with van der Waals surface area (Å²) >= 11 is 0. The minimum absolute atomic E-state index is 0.137. The Labute approximate surface area is 56.8 Å². The molecular weight excluding hydrogens is 137 g/mol. The van der Waals surface area contributed by atoms with Crippen molar-refractivity contribution >= 4 is 0 Å². The third kappa shape index (κ3) is 1.10. The summed E-state index contributed by atoms with van der Waals surface area (Å²) in [4.78, 5) is 10.7. The number of aryl methyl sites for hydroxylation is 1. The monoisotopic (exact) mass is 145 g/mol. The first-order valence-corrected chi connectivity index (χ1v) is 2.98. The number of halogens is 1. The third-order valence-corrected chi connectivity index (χ3v) is 1.34. The minimum atomic E-state index is -0.524. The van der Waals surface area contributed by atoms with Crippen LogP contribution in [0.25, 0.3) is 0 Å². The maximum atomic E-state index is 11.7. The van der Waals surface area contributed by atoms with Crippen molar-refractivity contribution in [2.75, 3.05) is 6.67 Å². The average Bonchev–Trinajstić information content (AvgIpc) is 2.20. The lowest BCUT2D eigenvalue weighted by Gasteiger charge is -1.86. The van der Waals surface area contributed by atoms with Crippen molar-refractivity contribution in [2.24, 2.45) is 0 Å². The van der Waals surface area contributed by atoms with Crippen molar-refractivity contribution in [3.05, 3.63) is 21.7 Å². The molecule has 0 atom stereocenters. The zero-order chi connectivity index (χ0) is 7.56. The summed E-state index contributed by atoms with van der Waals surface area (Å²) < 4.78 is 16.1. The molecule has 0 aliphatic carbocycles. The maximum Gasteiger partial charge on any atom is 0.360 e. The van der Waals surface area contributed by atoms with Gasteiger partial charge in [0.1, 0.15) is 0 Å². The van der Waals surface area contributed by atoms with Crippen LogP contribution in [-0.2, 0) is 6.42 Å². The molecule has 1 aromatic heterocycles. The van der Waals surface area contributed by atoms with Gasteiger partial charge in [-0.2, -0.15) is 0 Å². The molecule has 56 valence electrons. The number of H-pyrrole nitrogens is 1. The molecule has 0 aromatic carbocycles. The Morgan fingerprint density at radius 2 is 2.40 bits per heavy atom. The van der Waals surface area contributed by atoms with Crippen molar-refractivity contribution in [1.82, 2.24) is 5.16 Å². The fourth-order valence-electron chi connectivity index (χ4n) is 0.783. The van der Waals surface area contributed by atoms with Crippen molar-refractivity contribution in [3.63, 3.8) is 0 Å². The molecule has 0 fully saturated rings. The molecule has 0 spiro atoms. The Bertz CT molecular complexity index is 263. The first kappa shape index (κ1) is 7.05. The van der Waals surface area contributed by atoms with Crippen LogP contribution in [0.15, 0.2) is 9.32 Å². The number of alkyl halides is 1. The second-order valence-electron chi connectivity index (χ2n) is 2.03. The summed E-state index contributed by atoms with van der Waals surface area (Å²) in [5, 5.41) is 2.37. The summed E-state index contributed by atoms with van der Waals surface area (Å²) in [6, 6.07) is 0. The van der Waals surface area contributed by atoms with Gasteiger partial charge in [0.2, 0.25) is 0 Å². The summed E-state index contributed by atoms with van der Waals surface area (Å²) in [7, 11) is 0. The number of hydrogen-bond donors (Lipinski definition) is 1. The molecule has 0 aliphatic rings. The van der Waals surface area contributed by atoms with Gasteiger partial charge in [0.05, 0.1) is 17.9 Å². The Balaban J connectivity index is 2.99. The van der Waals surface area contributed by atoms with Gasteiger partial charge >= 0.3 is 5.63 Å². The van der Waals surface area contributed by atoms with Gasteiger partial charge in [-0.25, -0.2) is 9.95 Å². The Kier molecular flexibility index (Phi) is 1.89. The van der Waals surface area contributed by atoms with Gasteiger partial charge in [0, 0.05) is 6.42 Å². The van der Waals surface area contributed by atoms with E-state index in [1.54, 1.807) is 6.92 Å². The smallest absolute Gasteiger partial charge is 0.339 e. The zero-order valence-electron chi connectivity index (χ0n) is 5.61. The summed E-state index contributed by atoms with van der Waals surface area (Å²) in [6.07, 6.45) is 0.137. The standard InChI is InChI=1S/C6H8FNO2/c1-4-5(2-3-7)6(9)10-8-4/h8H,2-3H2,1H3. The van der Waals surface area contributed by atoms with E-state index in [2.05, 4.69) is 9.68 Å². The SMILES string of the molecule is Cc1[nH]oc(=O)c1CCF. The van der Waals surface area contributed by atoms with Crippen LogP contribution < -0.4 is 5.63 Å². The van der Waals surface area contributed by atoms with E-state index in [4.69, 9.17) is 0 Å². The number of rotatable bonds is 2. The van der Waals surface area contributed by atoms with E-state index >= 15 is 0 Å². The van der Waals surface area contributed by atoms with Gasteiger partial charge in [0.25, 0.3) is 0 Å². The predicted octanol–water partition coefficient (Wildman–Crippen LogP) is 0.788. The Hall–Kier alpha value is -1.06. The van der Waals surface area contributed by atoms with Crippen LogP contribution in [0, 0.1) is 6.92 Å². The summed E-state index contributed by atoms with van der Waals surface area (Å²) in [5.41, 5.74) is 0.556. The first-order chi connectivity index (χ1) is 4.75. The van der Waals surface area contributed by atoms with Crippen molar-refractivity contribution < 1.29 is 8.91 Å². The molecule has 4 heteroatoms. The Morgan fingerprint density at radius 3 is 2.80 bits per heavy atom. The normalized spacial score (nSPS) is 10.2. The molecule has 0 saturated carbocycles. The molecule has 0 saturated heterocycles. The van der Waals surface area contributed by atoms with Crippen LogP contribution in [0.4, 0.5) is 4.39 Å². The van der Waals surface area contributed by atoms with Crippen LogP contribution in [0.3, 0.4) is 0 Å². The number of aromatic amines is 1. The highest BCUT2D eigenvalue weighted by Gasteiger charge is 2.06. The van der Waals surface area contributed by atoms with Gasteiger partial charge in [-0.05, 0) is 6.92 Å². The lowest BCUT2D eigenvalue weighted by Crippen LogP contribution is -2.03. The number of aromatic nitrogens is 1. The van der Waals surface area contributed by atoms with E-state index < -0.39 is 12.3 Å². The fourth-order valence-corrected chi connectivity index (χ4v) is 0.783. The molecule has 0 radical (unpaired) electrons. The number of nitrogens with one attached hydrogen (secondary N) is 1. The molecule has 0 bridgehead atoms. The number of hydrogen-bond acceptors (Lipinski definition) is 2. The lowest BCUT2D eigenvalue weighted by molar-refractivity contribution is 0.385. The largest absolute Gasteiger partial charge is 0.360 e. The van der Waals surface area contributed by atoms with Gasteiger partial charge in [-0.15, -0.1) is 0 Å². The predicted molar refractivity (Wildman–Crippen MR) is 33.7 cm³/mol. The van der Waals surface area contributed by atoms with Crippen molar-refractivity contribution in [1.29, 1.82) is 0 Å². The van der Waals surface area contributed by atoms with E-state index in [0.29, 0.717) is 11.3 Å². The van der Waals surface area contributed by atoms with Gasteiger partial charge in [-0.1, -0.05) is 0 Å². The van der Waals surface area contributed by atoms with Crippen LogP contribution in [0.2, 0.25) is 0 Å². The van der Waals surface area contributed by atoms with Crippen LogP contribution >= 0.6 is 0 Å². The Morgan fingerprint density at radius 1 is 1.70 bits per heavy atom. The lowest BCUT2D eigenvalue weighted by atomic mass is 10.2. The second kappa shape index (κ2) is 2.68. The highest BCUT2D eigenvalue weighted by atomic mass is 19.1. The van der Waals surface area contributed by atoms with Crippen molar-refractivity contribution in [2.45, 2.75) is 13.3 Å². The zero-order valence-corrected chi connectivity index (χ0v) is 5.61. The summed E-state index contributed by atoms with van der Waals surface area (Å²) in [6.45, 7) is 1.15. The van der Waals surface area contributed by atoms with Crippen molar-refractivity contribution in [3.8, 4) is 0 Å². The van der Waals surface area contributed by atoms with E-state index in [9.17, 15) is 9.18 Å². The molecule has 0 unspecified atom stereocenters. The van der Waals surface area contributed by atoms with Crippen LogP contribution in [-0.4, -0.2) is 11.8 Å². The molecule has 3 nitrogen and oxygen atoms in total. The third-order valence-electron chi connectivity index (χ3n) is 1.34. The van der Waals surface area contributed by atoms with E-state index in [-0.39, 0.29) is 6.42 Å². The fraction of sp³-hybridized carbons (Fsp3) is 0.500. The van der Waals surface area contributed by atoms with E-state index in [1.165, 1.54) is 0 Å². The summed E-state index contributed by atoms with van der Waals surface area (Å²) in [5.74, 6) is 0. The van der Waals surface area contributed by atoms with Crippen LogP contribution in [0.1, 0.15) is 11.3 Å². The topological polar surface area (TPSA) is 46.0 Å². The average molecular weight is 145 g/mol. The molecule has 1 rings (SSSR count). The molecule has 1 heterocycles. The van der Waals surface area contributed by atoms with Gasteiger partial charge in [-0.3, -0.25) is 4.39 Å². The molecule has 1 aromatic rings. The molecule has 0 aliphatic heterocycles. The highest BCUT2D eigenvalue weighted by Crippen LogP contribution is 1.98. The molecule has 0 amide bonds.